The zero-order valence-electron chi connectivity index (χ0n) is 12.9. The summed E-state index contributed by atoms with van der Waals surface area (Å²) in [6.07, 6.45) is 7.03. The monoisotopic (exact) mass is 291 g/mol. The van der Waals surface area contributed by atoms with E-state index in [2.05, 4.69) is 39.6 Å². The lowest BCUT2D eigenvalue weighted by Crippen LogP contribution is -2.33. The Morgan fingerprint density at radius 1 is 1.33 bits per heavy atom. The molecule has 6 nitrogen and oxygen atoms in total. The highest BCUT2D eigenvalue weighted by Gasteiger charge is 2.18. The van der Waals surface area contributed by atoms with E-state index in [9.17, 15) is 4.79 Å². The van der Waals surface area contributed by atoms with Crippen molar-refractivity contribution in [1.82, 2.24) is 20.2 Å². The normalized spacial score (nSPS) is 15.4. The Balaban J connectivity index is 1.83. The minimum absolute atomic E-state index is 0.0966. The van der Waals surface area contributed by atoms with E-state index in [-0.39, 0.29) is 5.91 Å². The molecule has 1 aromatic heterocycles. The summed E-state index contributed by atoms with van der Waals surface area (Å²) in [7, 11) is 4.10. The second-order valence-electron chi connectivity index (χ2n) is 5.83. The highest BCUT2D eigenvalue weighted by atomic mass is 16.1. The Hall–Kier alpha value is -1.69. The van der Waals surface area contributed by atoms with Crippen LogP contribution in [0, 0.1) is 0 Å². The third kappa shape index (κ3) is 5.30. The first kappa shape index (κ1) is 15.7. The van der Waals surface area contributed by atoms with E-state index < -0.39 is 0 Å². The molecule has 0 atom stereocenters. The van der Waals surface area contributed by atoms with E-state index in [1.165, 1.54) is 19.2 Å². The van der Waals surface area contributed by atoms with Gasteiger partial charge in [0, 0.05) is 18.7 Å². The summed E-state index contributed by atoms with van der Waals surface area (Å²) < 4.78 is 0. The molecule has 0 unspecified atom stereocenters. The zero-order valence-corrected chi connectivity index (χ0v) is 12.9. The van der Waals surface area contributed by atoms with E-state index in [0.717, 1.165) is 32.4 Å². The van der Waals surface area contributed by atoms with Gasteiger partial charge in [0.15, 0.2) is 0 Å². The first-order chi connectivity index (χ1) is 10.1. The quantitative estimate of drug-likeness (QED) is 0.745. The van der Waals surface area contributed by atoms with Gasteiger partial charge in [0.05, 0.1) is 0 Å². The minimum atomic E-state index is -0.0966. The number of aromatic nitrogens is 2. The third-order valence-corrected chi connectivity index (χ3v) is 3.68. The molecule has 0 saturated heterocycles. The average Bonchev–Trinajstić information content (AvgIpc) is 2.96. The van der Waals surface area contributed by atoms with Crippen LogP contribution in [0.15, 0.2) is 12.4 Å². The van der Waals surface area contributed by atoms with Gasteiger partial charge in [-0.3, -0.25) is 4.79 Å². The van der Waals surface area contributed by atoms with Crippen molar-refractivity contribution >= 4 is 11.7 Å². The standard InChI is InChI=1S/C15H25N5O/c1-20(2)9-5-8-16-14-10-13(17-11-18-14)15(21)19-12-6-3-4-7-12/h10-12H,3-9H2,1-2H3,(H,19,21)(H,16,17,18). The van der Waals surface area contributed by atoms with Gasteiger partial charge in [-0.2, -0.15) is 0 Å². The first-order valence-electron chi connectivity index (χ1n) is 7.66. The van der Waals surface area contributed by atoms with Crippen molar-refractivity contribution in [2.45, 2.75) is 38.1 Å². The van der Waals surface area contributed by atoms with Crippen LogP contribution >= 0.6 is 0 Å². The molecule has 116 valence electrons. The lowest BCUT2D eigenvalue weighted by Gasteiger charge is -2.12. The van der Waals surface area contributed by atoms with Gasteiger partial charge in [-0.05, 0) is 39.9 Å². The molecule has 6 heteroatoms. The third-order valence-electron chi connectivity index (χ3n) is 3.68. The smallest absolute Gasteiger partial charge is 0.270 e. The maximum atomic E-state index is 12.1. The van der Waals surface area contributed by atoms with Crippen LogP contribution in [-0.2, 0) is 0 Å². The van der Waals surface area contributed by atoms with Crippen molar-refractivity contribution in [1.29, 1.82) is 0 Å². The number of anilines is 1. The minimum Gasteiger partial charge on any atom is -0.370 e. The maximum absolute atomic E-state index is 12.1. The molecule has 1 heterocycles. The molecule has 1 aliphatic carbocycles. The fourth-order valence-corrected chi connectivity index (χ4v) is 2.52. The lowest BCUT2D eigenvalue weighted by atomic mass is 10.2. The van der Waals surface area contributed by atoms with Crippen LogP contribution in [0.4, 0.5) is 5.82 Å². The van der Waals surface area contributed by atoms with Gasteiger partial charge in [0.1, 0.15) is 17.8 Å². The van der Waals surface area contributed by atoms with E-state index in [1.54, 1.807) is 6.07 Å². The number of nitrogens with zero attached hydrogens (tertiary/aromatic N) is 3. The van der Waals surface area contributed by atoms with Crippen LogP contribution in [0.1, 0.15) is 42.6 Å². The second kappa shape index (κ2) is 7.93. The molecule has 0 radical (unpaired) electrons. The van der Waals surface area contributed by atoms with Crippen molar-refractivity contribution < 1.29 is 4.79 Å². The Bertz CT molecular complexity index is 457. The number of carbonyl (C=O) groups excluding carboxylic acids is 1. The molecule has 21 heavy (non-hydrogen) atoms. The SMILES string of the molecule is CN(C)CCCNc1cc(C(=O)NC2CCCC2)ncn1. The number of carbonyl (C=O) groups is 1. The van der Waals surface area contributed by atoms with Gasteiger partial charge in [-0.1, -0.05) is 12.8 Å². The molecule has 2 N–H and O–H groups in total. The summed E-state index contributed by atoms with van der Waals surface area (Å²) in [6, 6.07) is 2.03. The fraction of sp³-hybridized carbons (Fsp3) is 0.667. The van der Waals surface area contributed by atoms with Crippen molar-refractivity contribution in [2.75, 3.05) is 32.5 Å². The van der Waals surface area contributed by atoms with Crippen molar-refractivity contribution in [3.8, 4) is 0 Å². The first-order valence-corrected chi connectivity index (χ1v) is 7.66. The zero-order chi connectivity index (χ0) is 15.1. The molecule has 0 aromatic carbocycles. The molecule has 1 aromatic rings. The van der Waals surface area contributed by atoms with Crippen LogP contribution in [0.3, 0.4) is 0 Å². The van der Waals surface area contributed by atoms with Crippen LogP contribution in [0.2, 0.25) is 0 Å². The largest absolute Gasteiger partial charge is 0.370 e. The molecular formula is C15H25N5O. The molecule has 1 saturated carbocycles. The highest BCUT2D eigenvalue weighted by molar-refractivity contribution is 5.93. The van der Waals surface area contributed by atoms with E-state index in [0.29, 0.717) is 17.6 Å². The molecule has 0 bridgehead atoms. The summed E-state index contributed by atoms with van der Waals surface area (Å²) in [4.78, 5) is 22.5. The summed E-state index contributed by atoms with van der Waals surface area (Å²) in [5, 5.41) is 6.27. The lowest BCUT2D eigenvalue weighted by molar-refractivity contribution is 0.0932. The summed E-state index contributed by atoms with van der Waals surface area (Å²) in [6.45, 7) is 1.85. The van der Waals surface area contributed by atoms with Gasteiger partial charge in [0.25, 0.3) is 5.91 Å². The predicted molar refractivity (Wildman–Crippen MR) is 83.4 cm³/mol. The van der Waals surface area contributed by atoms with Gasteiger partial charge in [-0.15, -0.1) is 0 Å². The molecule has 1 fully saturated rings. The summed E-state index contributed by atoms with van der Waals surface area (Å²) >= 11 is 0. The number of hydrogen-bond donors (Lipinski definition) is 2. The number of rotatable bonds is 7. The molecule has 1 aliphatic rings. The average molecular weight is 291 g/mol. The van der Waals surface area contributed by atoms with Crippen LogP contribution < -0.4 is 10.6 Å². The van der Waals surface area contributed by atoms with E-state index in [1.807, 2.05) is 0 Å². The Labute approximate surface area is 126 Å². The number of amides is 1. The summed E-state index contributed by atoms with van der Waals surface area (Å²) in [5.74, 6) is 0.612. The van der Waals surface area contributed by atoms with Gasteiger partial charge >= 0.3 is 0 Å². The Kier molecular flexibility index (Phi) is 5.92. The van der Waals surface area contributed by atoms with Crippen molar-refractivity contribution in [3.63, 3.8) is 0 Å². The van der Waals surface area contributed by atoms with Gasteiger partial charge in [0.2, 0.25) is 0 Å². The second-order valence-corrected chi connectivity index (χ2v) is 5.83. The summed E-state index contributed by atoms with van der Waals surface area (Å²) in [5.41, 5.74) is 0.437. The number of hydrogen-bond acceptors (Lipinski definition) is 5. The predicted octanol–water partition coefficient (Wildman–Crippen LogP) is 1.51. The molecule has 0 aliphatic heterocycles. The molecule has 2 rings (SSSR count). The highest BCUT2D eigenvalue weighted by Crippen LogP contribution is 2.18. The Morgan fingerprint density at radius 3 is 2.81 bits per heavy atom. The molecule has 1 amide bonds. The van der Waals surface area contributed by atoms with E-state index >= 15 is 0 Å². The van der Waals surface area contributed by atoms with Crippen LogP contribution in [0.5, 0.6) is 0 Å². The van der Waals surface area contributed by atoms with Gasteiger partial charge in [-0.25, -0.2) is 9.97 Å². The number of nitrogens with one attached hydrogen (secondary N) is 2. The van der Waals surface area contributed by atoms with Crippen molar-refractivity contribution in [2.24, 2.45) is 0 Å². The van der Waals surface area contributed by atoms with Gasteiger partial charge < -0.3 is 15.5 Å². The van der Waals surface area contributed by atoms with Crippen LogP contribution in [-0.4, -0.2) is 54.0 Å². The maximum Gasteiger partial charge on any atom is 0.270 e. The Morgan fingerprint density at radius 2 is 2.10 bits per heavy atom. The van der Waals surface area contributed by atoms with Crippen molar-refractivity contribution in [3.05, 3.63) is 18.1 Å². The van der Waals surface area contributed by atoms with Crippen LogP contribution in [0.25, 0.3) is 0 Å². The van der Waals surface area contributed by atoms with E-state index in [4.69, 9.17) is 0 Å². The fourth-order valence-electron chi connectivity index (χ4n) is 2.52. The molecule has 0 spiro atoms. The topological polar surface area (TPSA) is 70.2 Å². The molecular weight excluding hydrogens is 266 g/mol.